The summed E-state index contributed by atoms with van der Waals surface area (Å²) in [5.41, 5.74) is 1.65. The first-order valence-electron chi connectivity index (χ1n) is 12.0. The molecule has 1 aliphatic carbocycles. The van der Waals surface area contributed by atoms with E-state index in [1.807, 2.05) is 36.5 Å². The number of halogens is 1. The first-order chi connectivity index (χ1) is 16.0. The number of methoxy groups -OCH3 is 1. The molecule has 33 heavy (non-hydrogen) atoms. The number of hydrogen-bond donors (Lipinski definition) is 1. The van der Waals surface area contributed by atoms with Gasteiger partial charge in [-0.1, -0.05) is 23.7 Å². The number of carbonyl (C=O) groups is 1. The third-order valence-corrected chi connectivity index (χ3v) is 8.05. The summed E-state index contributed by atoms with van der Waals surface area (Å²) in [6, 6.07) is 10.1. The van der Waals surface area contributed by atoms with E-state index in [0.29, 0.717) is 17.5 Å². The van der Waals surface area contributed by atoms with Crippen molar-refractivity contribution >= 4 is 23.3 Å². The number of hydrogen-bond acceptors (Lipinski definition) is 5. The van der Waals surface area contributed by atoms with Gasteiger partial charge in [0, 0.05) is 37.4 Å². The molecule has 1 aromatic heterocycles. The van der Waals surface area contributed by atoms with E-state index in [1.54, 1.807) is 7.11 Å². The lowest BCUT2D eigenvalue weighted by molar-refractivity contribution is -0.139. The Kier molecular flexibility index (Phi) is 6.23. The monoisotopic (exact) mass is 469 g/mol. The van der Waals surface area contributed by atoms with E-state index in [2.05, 4.69) is 9.80 Å². The van der Waals surface area contributed by atoms with E-state index in [1.165, 1.54) is 0 Å². The molecular formula is C26H32ClN3O3. The Labute approximate surface area is 200 Å². The summed E-state index contributed by atoms with van der Waals surface area (Å²) in [6.07, 6.45) is 7.86. The van der Waals surface area contributed by atoms with Gasteiger partial charge in [-0.25, -0.2) is 4.98 Å². The zero-order chi connectivity index (χ0) is 23.0. The highest BCUT2D eigenvalue weighted by molar-refractivity contribution is 6.33. The van der Waals surface area contributed by atoms with Crippen molar-refractivity contribution in [1.29, 1.82) is 0 Å². The van der Waals surface area contributed by atoms with Gasteiger partial charge in [0.15, 0.2) is 0 Å². The van der Waals surface area contributed by atoms with Crippen molar-refractivity contribution in [2.45, 2.75) is 57.1 Å². The van der Waals surface area contributed by atoms with Crippen molar-refractivity contribution in [2.75, 3.05) is 31.6 Å². The van der Waals surface area contributed by atoms with Crippen molar-refractivity contribution in [2.24, 2.45) is 5.41 Å². The van der Waals surface area contributed by atoms with Crippen LogP contribution in [-0.2, 0) is 4.79 Å². The van der Waals surface area contributed by atoms with Gasteiger partial charge in [0.05, 0.1) is 23.7 Å². The maximum Gasteiger partial charge on any atom is 0.230 e. The number of likely N-dealkylation sites (tertiary alicyclic amines) is 1. The largest absolute Gasteiger partial charge is 0.497 e. The SMILES string of the molecule is COc1ccc(-c2cnc(N3CCC[C@]4(CCN(C5CCC(O)CC5)C4=O)C3)c(Cl)c2)cc1. The third-order valence-electron chi connectivity index (χ3n) is 7.77. The molecule has 1 atom stereocenters. The summed E-state index contributed by atoms with van der Waals surface area (Å²) >= 11 is 6.72. The molecule has 2 saturated heterocycles. The number of aromatic nitrogens is 1. The molecule has 7 heteroatoms. The van der Waals surface area contributed by atoms with E-state index < -0.39 is 0 Å². The minimum absolute atomic E-state index is 0.202. The fraction of sp³-hybridized carbons (Fsp3) is 0.538. The van der Waals surface area contributed by atoms with Gasteiger partial charge in [0.1, 0.15) is 11.6 Å². The average molecular weight is 470 g/mol. The summed E-state index contributed by atoms with van der Waals surface area (Å²) in [4.78, 5) is 22.6. The molecule has 1 saturated carbocycles. The van der Waals surface area contributed by atoms with Gasteiger partial charge >= 0.3 is 0 Å². The number of pyridine rings is 1. The van der Waals surface area contributed by atoms with Crippen LogP contribution in [0.15, 0.2) is 36.5 Å². The van der Waals surface area contributed by atoms with Crippen LogP contribution >= 0.6 is 11.6 Å². The van der Waals surface area contributed by atoms with Crippen molar-refractivity contribution in [3.63, 3.8) is 0 Å². The van der Waals surface area contributed by atoms with E-state index in [9.17, 15) is 9.90 Å². The fourth-order valence-electron chi connectivity index (χ4n) is 5.86. The van der Waals surface area contributed by atoms with Gasteiger partial charge in [-0.05, 0) is 68.7 Å². The highest BCUT2D eigenvalue weighted by Gasteiger charge is 2.51. The fourth-order valence-corrected chi connectivity index (χ4v) is 6.15. The Morgan fingerprint density at radius 1 is 1.09 bits per heavy atom. The maximum atomic E-state index is 13.6. The summed E-state index contributed by atoms with van der Waals surface area (Å²) in [5, 5.41) is 10.5. The summed E-state index contributed by atoms with van der Waals surface area (Å²) in [6.45, 7) is 2.36. The lowest BCUT2D eigenvalue weighted by Crippen LogP contribution is -2.50. The zero-order valence-corrected chi connectivity index (χ0v) is 19.9. The summed E-state index contributed by atoms with van der Waals surface area (Å²) < 4.78 is 5.24. The Bertz CT molecular complexity index is 1010. The van der Waals surface area contributed by atoms with E-state index in [0.717, 1.165) is 80.7 Å². The molecule has 1 spiro atoms. The number of piperidine rings is 1. The second-order valence-corrected chi connectivity index (χ2v) is 10.2. The molecule has 1 amide bonds. The second-order valence-electron chi connectivity index (χ2n) is 9.77. The first-order valence-corrected chi connectivity index (χ1v) is 12.4. The highest BCUT2D eigenvalue weighted by atomic mass is 35.5. The van der Waals surface area contributed by atoms with Gasteiger partial charge in [0.25, 0.3) is 0 Å². The Hall–Kier alpha value is -2.31. The van der Waals surface area contributed by atoms with Crippen LogP contribution in [0, 0.1) is 5.41 Å². The number of aliphatic hydroxyl groups excluding tert-OH is 1. The Morgan fingerprint density at radius 2 is 1.85 bits per heavy atom. The lowest BCUT2D eigenvalue weighted by atomic mass is 9.78. The number of anilines is 1. The standard InChI is InChI=1S/C26H32ClN3O3/c1-33-22-9-3-18(4-10-22)19-15-23(27)24(28-16-19)29-13-2-11-26(17-29)12-14-30(25(26)32)20-5-7-21(31)8-6-20/h3-4,9-10,15-16,20-21,31H,2,5-8,11-14,17H2,1H3/t20?,21?,26-/m0/s1. The molecule has 2 aromatic rings. The molecule has 5 rings (SSSR count). The number of benzene rings is 1. The molecule has 0 unspecified atom stereocenters. The molecule has 0 radical (unpaired) electrons. The van der Waals surface area contributed by atoms with Crippen LogP contribution in [0.4, 0.5) is 5.82 Å². The molecule has 6 nitrogen and oxygen atoms in total. The number of amides is 1. The van der Waals surface area contributed by atoms with Crippen LogP contribution < -0.4 is 9.64 Å². The van der Waals surface area contributed by atoms with Gasteiger partial charge in [-0.15, -0.1) is 0 Å². The van der Waals surface area contributed by atoms with Crippen LogP contribution in [0.2, 0.25) is 5.02 Å². The van der Waals surface area contributed by atoms with Gasteiger partial charge < -0.3 is 19.6 Å². The smallest absolute Gasteiger partial charge is 0.230 e. The van der Waals surface area contributed by atoms with E-state index in [4.69, 9.17) is 21.3 Å². The minimum atomic E-state index is -0.339. The number of ether oxygens (including phenoxy) is 1. The molecule has 1 aromatic carbocycles. The third kappa shape index (κ3) is 4.31. The van der Waals surface area contributed by atoms with Crippen molar-refractivity contribution in [3.8, 4) is 16.9 Å². The molecule has 0 bridgehead atoms. The molecular weight excluding hydrogens is 438 g/mol. The maximum absolute atomic E-state index is 13.6. The highest BCUT2D eigenvalue weighted by Crippen LogP contribution is 2.44. The van der Waals surface area contributed by atoms with Gasteiger partial charge in [-0.3, -0.25) is 4.79 Å². The van der Waals surface area contributed by atoms with Gasteiger partial charge in [0.2, 0.25) is 5.91 Å². The lowest BCUT2D eigenvalue weighted by Gasteiger charge is -2.41. The van der Waals surface area contributed by atoms with E-state index >= 15 is 0 Å². The quantitative estimate of drug-likeness (QED) is 0.712. The number of carbonyl (C=O) groups excluding carboxylic acids is 1. The van der Waals surface area contributed by atoms with Crippen LogP contribution in [0.1, 0.15) is 44.9 Å². The number of nitrogens with zero attached hydrogens (tertiary/aromatic N) is 3. The molecule has 3 heterocycles. The van der Waals surface area contributed by atoms with Crippen LogP contribution in [-0.4, -0.2) is 59.8 Å². The van der Waals surface area contributed by atoms with Crippen LogP contribution in [0.5, 0.6) is 5.75 Å². The zero-order valence-electron chi connectivity index (χ0n) is 19.2. The summed E-state index contributed by atoms with van der Waals surface area (Å²) in [7, 11) is 1.65. The van der Waals surface area contributed by atoms with Crippen LogP contribution in [0.25, 0.3) is 11.1 Å². The Balaban J connectivity index is 1.32. The predicted octanol–water partition coefficient (Wildman–Crippen LogP) is 4.53. The topological polar surface area (TPSA) is 65.9 Å². The number of aliphatic hydroxyl groups is 1. The normalized spacial score (nSPS) is 27.9. The van der Waals surface area contributed by atoms with Crippen molar-refractivity contribution < 1.29 is 14.6 Å². The minimum Gasteiger partial charge on any atom is -0.497 e. The predicted molar refractivity (Wildman–Crippen MR) is 130 cm³/mol. The van der Waals surface area contributed by atoms with Gasteiger partial charge in [-0.2, -0.15) is 0 Å². The van der Waals surface area contributed by atoms with E-state index in [-0.39, 0.29) is 17.6 Å². The van der Waals surface area contributed by atoms with Crippen LogP contribution in [0.3, 0.4) is 0 Å². The molecule has 3 fully saturated rings. The second kappa shape index (κ2) is 9.15. The molecule has 2 aliphatic heterocycles. The first kappa shape index (κ1) is 22.5. The molecule has 1 N–H and O–H groups in total. The van der Waals surface area contributed by atoms with Crippen molar-refractivity contribution in [1.82, 2.24) is 9.88 Å². The molecule has 3 aliphatic rings. The Morgan fingerprint density at radius 3 is 2.55 bits per heavy atom. The summed E-state index contributed by atoms with van der Waals surface area (Å²) in [5.74, 6) is 1.87. The average Bonchev–Trinajstić information content (AvgIpc) is 3.14. The molecule has 176 valence electrons. The van der Waals surface area contributed by atoms with Crippen molar-refractivity contribution in [3.05, 3.63) is 41.6 Å². The number of rotatable bonds is 4.